The molecule has 1 aliphatic carbocycles. The van der Waals surface area contributed by atoms with Gasteiger partial charge in [-0.25, -0.2) is 4.79 Å². The second kappa shape index (κ2) is 3.75. The van der Waals surface area contributed by atoms with E-state index in [4.69, 9.17) is 9.15 Å². The van der Waals surface area contributed by atoms with E-state index in [-0.39, 0.29) is 16.6 Å². The highest BCUT2D eigenvalue weighted by Crippen LogP contribution is 2.51. The van der Waals surface area contributed by atoms with E-state index < -0.39 is 0 Å². The molecule has 1 aromatic rings. The van der Waals surface area contributed by atoms with Gasteiger partial charge in [0.1, 0.15) is 22.7 Å². The monoisotopic (exact) mass is 260 g/mol. The van der Waals surface area contributed by atoms with Crippen LogP contribution < -0.4 is 10.4 Å². The molecule has 1 unspecified atom stereocenters. The highest BCUT2D eigenvalue weighted by Gasteiger charge is 2.46. The molecule has 1 fully saturated rings. The van der Waals surface area contributed by atoms with Crippen LogP contribution in [-0.4, -0.2) is 5.60 Å². The topological polar surface area (TPSA) is 39.4 Å². The van der Waals surface area contributed by atoms with Crippen LogP contribution in [0.15, 0.2) is 20.9 Å². The molecule has 0 bridgehead atoms. The zero-order valence-corrected chi connectivity index (χ0v) is 12.0. The molecule has 2 heterocycles. The highest BCUT2D eigenvalue weighted by atomic mass is 16.5. The van der Waals surface area contributed by atoms with Crippen LogP contribution in [0.2, 0.25) is 0 Å². The average Bonchev–Trinajstić information content (AvgIpc) is 2.25. The molecular weight excluding hydrogens is 240 g/mol. The Morgan fingerprint density at radius 1 is 1.21 bits per heavy atom. The number of hydrogen-bond acceptors (Lipinski definition) is 3. The van der Waals surface area contributed by atoms with Crippen LogP contribution in [0.25, 0.3) is 6.08 Å². The van der Waals surface area contributed by atoms with Gasteiger partial charge in [-0.15, -0.1) is 0 Å². The second-order valence-corrected chi connectivity index (χ2v) is 6.55. The van der Waals surface area contributed by atoms with Crippen molar-refractivity contribution >= 4 is 6.08 Å². The Balaban J connectivity index is 2.24. The molecule has 19 heavy (non-hydrogen) atoms. The molecule has 0 saturated heterocycles. The van der Waals surface area contributed by atoms with Crippen molar-refractivity contribution in [3.63, 3.8) is 0 Å². The van der Waals surface area contributed by atoms with Crippen LogP contribution in [0, 0.1) is 12.3 Å². The molecule has 0 N–H and O–H groups in total. The van der Waals surface area contributed by atoms with Crippen LogP contribution in [-0.2, 0) is 0 Å². The van der Waals surface area contributed by atoms with Gasteiger partial charge in [-0.05, 0) is 50.2 Å². The summed E-state index contributed by atoms with van der Waals surface area (Å²) in [6, 6.07) is 1.82. The molecule has 0 radical (unpaired) electrons. The van der Waals surface area contributed by atoms with Crippen molar-refractivity contribution in [1.82, 2.24) is 0 Å². The minimum atomic E-state index is -0.300. The number of aryl methyl sites for hydroxylation is 1. The van der Waals surface area contributed by atoms with Crippen molar-refractivity contribution in [2.75, 3.05) is 0 Å². The van der Waals surface area contributed by atoms with E-state index in [1.807, 2.05) is 12.1 Å². The van der Waals surface area contributed by atoms with Gasteiger partial charge in [0.05, 0.1) is 0 Å². The maximum atomic E-state index is 12.0. The quantitative estimate of drug-likeness (QED) is 0.714. The van der Waals surface area contributed by atoms with Gasteiger partial charge in [0.2, 0.25) is 0 Å². The van der Waals surface area contributed by atoms with Crippen molar-refractivity contribution in [3.05, 3.63) is 33.4 Å². The van der Waals surface area contributed by atoms with Crippen molar-refractivity contribution in [1.29, 1.82) is 0 Å². The summed E-state index contributed by atoms with van der Waals surface area (Å²) in [7, 11) is 0. The Bertz CT molecular complexity index is 621. The van der Waals surface area contributed by atoms with Gasteiger partial charge in [0.15, 0.2) is 0 Å². The normalized spacial score (nSPS) is 27.9. The van der Waals surface area contributed by atoms with E-state index in [0.717, 1.165) is 19.3 Å². The minimum Gasteiger partial charge on any atom is -0.482 e. The number of hydrogen-bond donors (Lipinski definition) is 0. The second-order valence-electron chi connectivity index (χ2n) is 6.55. The van der Waals surface area contributed by atoms with Gasteiger partial charge in [-0.2, -0.15) is 0 Å². The molecule has 3 rings (SSSR count). The van der Waals surface area contributed by atoms with E-state index in [1.54, 1.807) is 6.92 Å². The summed E-state index contributed by atoms with van der Waals surface area (Å²) in [5.41, 5.74) is 1.27. The Kier molecular flexibility index (Phi) is 2.47. The van der Waals surface area contributed by atoms with Crippen molar-refractivity contribution in [2.24, 2.45) is 5.41 Å². The number of fused-ring (bicyclic) bond motifs is 2. The molecule has 102 valence electrons. The van der Waals surface area contributed by atoms with Gasteiger partial charge in [0.25, 0.3) is 0 Å². The summed E-state index contributed by atoms with van der Waals surface area (Å²) >= 11 is 0. The molecule has 1 aromatic heterocycles. The van der Waals surface area contributed by atoms with Crippen molar-refractivity contribution in [2.45, 2.75) is 52.6 Å². The molecule has 1 atom stereocenters. The Labute approximate surface area is 113 Å². The SMILES string of the molecule is Cc1cc2c(c(=O)o1)C=C1C(C)(C)CCCC1(C)O2. The lowest BCUT2D eigenvalue weighted by molar-refractivity contribution is 0.0601. The van der Waals surface area contributed by atoms with E-state index in [2.05, 4.69) is 20.8 Å². The average molecular weight is 260 g/mol. The summed E-state index contributed by atoms with van der Waals surface area (Å²) in [4.78, 5) is 12.0. The first kappa shape index (κ1) is 12.5. The summed E-state index contributed by atoms with van der Waals surface area (Å²) in [6.07, 6.45) is 5.28. The molecule has 1 aliphatic heterocycles. The first-order chi connectivity index (χ1) is 8.82. The molecule has 0 amide bonds. The third kappa shape index (κ3) is 1.83. The minimum absolute atomic E-state index is 0.0714. The van der Waals surface area contributed by atoms with Crippen molar-refractivity contribution in [3.8, 4) is 5.75 Å². The fourth-order valence-corrected chi connectivity index (χ4v) is 3.50. The van der Waals surface area contributed by atoms with E-state index >= 15 is 0 Å². The smallest absolute Gasteiger partial charge is 0.346 e. The van der Waals surface area contributed by atoms with E-state index in [0.29, 0.717) is 17.1 Å². The summed E-state index contributed by atoms with van der Waals surface area (Å²) in [6.45, 7) is 8.35. The Morgan fingerprint density at radius 2 is 1.95 bits per heavy atom. The third-order valence-electron chi connectivity index (χ3n) is 4.45. The fourth-order valence-electron chi connectivity index (χ4n) is 3.50. The van der Waals surface area contributed by atoms with Gasteiger partial charge < -0.3 is 9.15 Å². The van der Waals surface area contributed by atoms with Crippen LogP contribution >= 0.6 is 0 Å². The van der Waals surface area contributed by atoms with Gasteiger partial charge in [-0.1, -0.05) is 13.8 Å². The molecule has 2 aliphatic rings. The van der Waals surface area contributed by atoms with E-state index in [9.17, 15) is 4.79 Å². The third-order valence-corrected chi connectivity index (χ3v) is 4.45. The maximum absolute atomic E-state index is 12.0. The zero-order chi connectivity index (χ0) is 13.8. The predicted molar refractivity (Wildman–Crippen MR) is 74.4 cm³/mol. The standard InChI is InChI=1S/C16H20O3/c1-10-8-12-11(14(17)18-10)9-13-15(2,3)6-5-7-16(13,4)19-12/h8-9H,5-7H2,1-4H3. The van der Waals surface area contributed by atoms with Crippen LogP contribution in [0.1, 0.15) is 51.4 Å². The first-order valence-electron chi connectivity index (χ1n) is 6.88. The lowest BCUT2D eigenvalue weighted by atomic mass is 9.65. The molecule has 3 nitrogen and oxygen atoms in total. The van der Waals surface area contributed by atoms with Crippen LogP contribution in [0.4, 0.5) is 0 Å². The fraction of sp³-hybridized carbons (Fsp3) is 0.562. The predicted octanol–water partition coefficient (Wildman–Crippen LogP) is 3.69. The molecule has 1 saturated carbocycles. The first-order valence-corrected chi connectivity index (χ1v) is 6.88. The van der Waals surface area contributed by atoms with Crippen LogP contribution in [0.5, 0.6) is 5.75 Å². The number of rotatable bonds is 0. The lowest BCUT2D eigenvalue weighted by Gasteiger charge is -2.47. The molecular formula is C16H20O3. The largest absolute Gasteiger partial charge is 0.482 e. The Morgan fingerprint density at radius 3 is 2.68 bits per heavy atom. The lowest BCUT2D eigenvalue weighted by Crippen LogP contribution is -2.46. The summed E-state index contributed by atoms with van der Waals surface area (Å²) < 4.78 is 11.4. The molecule has 0 aromatic carbocycles. The maximum Gasteiger partial charge on any atom is 0.346 e. The molecule has 3 heteroatoms. The van der Waals surface area contributed by atoms with Gasteiger partial charge in [-0.3, -0.25) is 0 Å². The summed E-state index contributed by atoms with van der Waals surface area (Å²) in [5.74, 6) is 1.26. The summed E-state index contributed by atoms with van der Waals surface area (Å²) in [5, 5.41) is 0. The van der Waals surface area contributed by atoms with E-state index in [1.165, 1.54) is 5.57 Å². The van der Waals surface area contributed by atoms with Gasteiger partial charge >= 0.3 is 5.63 Å². The zero-order valence-electron chi connectivity index (χ0n) is 12.0. The van der Waals surface area contributed by atoms with Crippen molar-refractivity contribution < 1.29 is 9.15 Å². The Hall–Kier alpha value is -1.51. The number of ether oxygens (including phenoxy) is 1. The molecule has 0 spiro atoms. The van der Waals surface area contributed by atoms with Crippen LogP contribution in [0.3, 0.4) is 0 Å². The van der Waals surface area contributed by atoms with Gasteiger partial charge in [0, 0.05) is 6.07 Å². The highest BCUT2D eigenvalue weighted by molar-refractivity contribution is 5.65.